The average molecular weight is 543 g/mol. The standard InChI is InChI=1S/C26H31ClN6O5/c27-19-1-2-21-25(37-16-36-21)24(19)31-26-23-20(29-15-30-26)13-18(14-22(23)38-17-3-10-34-11-4-17)35-12-9-32-5-7-33(28)8-6-32/h1-2,13-15,17H,3-12,16,28H2,(H,29,30,31). The molecule has 11 nitrogen and oxygen atoms in total. The Morgan fingerprint density at radius 2 is 1.92 bits per heavy atom. The van der Waals surface area contributed by atoms with E-state index in [9.17, 15) is 0 Å². The second kappa shape index (κ2) is 11.3. The molecular weight excluding hydrogens is 512 g/mol. The van der Waals surface area contributed by atoms with Gasteiger partial charge >= 0.3 is 0 Å². The molecule has 0 unspecified atom stereocenters. The van der Waals surface area contributed by atoms with Gasteiger partial charge in [-0.3, -0.25) is 10.7 Å². The Morgan fingerprint density at radius 1 is 1.08 bits per heavy atom. The number of ether oxygens (including phenoxy) is 5. The van der Waals surface area contributed by atoms with Crippen molar-refractivity contribution >= 4 is 34.0 Å². The lowest BCUT2D eigenvalue weighted by Crippen LogP contribution is -2.50. The number of hydrazine groups is 1. The predicted molar refractivity (Wildman–Crippen MR) is 143 cm³/mol. The van der Waals surface area contributed by atoms with Gasteiger partial charge in [0.15, 0.2) is 11.5 Å². The summed E-state index contributed by atoms with van der Waals surface area (Å²) in [6, 6.07) is 7.38. The van der Waals surface area contributed by atoms with Crippen LogP contribution in [0.25, 0.3) is 10.9 Å². The van der Waals surface area contributed by atoms with Gasteiger partial charge in [-0.05, 0) is 12.1 Å². The fraction of sp³-hybridized carbons (Fsp3) is 0.462. The smallest absolute Gasteiger partial charge is 0.231 e. The second-order valence-electron chi connectivity index (χ2n) is 9.47. The summed E-state index contributed by atoms with van der Waals surface area (Å²) in [5, 5.41) is 6.42. The highest BCUT2D eigenvalue weighted by Crippen LogP contribution is 2.46. The predicted octanol–water partition coefficient (Wildman–Crippen LogP) is 3.18. The Balaban J connectivity index is 1.29. The van der Waals surface area contributed by atoms with Crippen LogP contribution >= 0.6 is 11.6 Å². The summed E-state index contributed by atoms with van der Waals surface area (Å²) >= 11 is 6.54. The molecule has 0 saturated carbocycles. The first kappa shape index (κ1) is 25.2. The van der Waals surface area contributed by atoms with Crippen LogP contribution in [0.1, 0.15) is 12.8 Å². The van der Waals surface area contributed by atoms with E-state index in [0.717, 1.165) is 51.0 Å². The lowest BCUT2D eigenvalue weighted by Gasteiger charge is -2.31. The third kappa shape index (κ3) is 5.52. The van der Waals surface area contributed by atoms with Crippen molar-refractivity contribution < 1.29 is 23.7 Å². The van der Waals surface area contributed by atoms with Crippen molar-refractivity contribution in [2.45, 2.75) is 18.9 Å². The number of nitrogens with zero attached hydrogens (tertiary/aromatic N) is 4. The number of rotatable bonds is 8. The zero-order valence-corrected chi connectivity index (χ0v) is 21.8. The normalized spacial score (nSPS) is 18.6. The quantitative estimate of drug-likeness (QED) is 0.409. The van der Waals surface area contributed by atoms with Crippen molar-refractivity contribution in [3.05, 3.63) is 35.6 Å². The molecule has 2 saturated heterocycles. The molecule has 2 aromatic carbocycles. The fourth-order valence-corrected chi connectivity index (χ4v) is 5.03. The van der Waals surface area contributed by atoms with E-state index in [0.29, 0.717) is 64.9 Å². The van der Waals surface area contributed by atoms with E-state index >= 15 is 0 Å². The molecule has 0 radical (unpaired) electrons. The summed E-state index contributed by atoms with van der Waals surface area (Å²) in [6.45, 7) is 6.41. The monoisotopic (exact) mass is 542 g/mol. The molecule has 0 aliphatic carbocycles. The molecule has 0 bridgehead atoms. The zero-order chi connectivity index (χ0) is 25.9. The van der Waals surface area contributed by atoms with Gasteiger partial charge in [-0.25, -0.2) is 15.0 Å². The van der Waals surface area contributed by atoms with E-state index in [1.807, 2.05) is 17.1 Å². The molecule has 6 rings (SSSR count). The number of nitrogens with two attached hydrogens (primary N) is 1. The van der Waals surface area contributed by atoms with Crippen LogP contribution in [-0.4, -0.2) is 85.3 Å². The van der Waals surface area contributed by atoms with Gasteiger partial charge in [-0.1, -0.05) is 11.6 Å². The Labute approximate surface area is 225 Å². The number of benzene rings is 2. The number of hydrogen-bond acceptors (Lipinski definition) is 11. The lowest BCUT2D eigenvalue weighted by atomic mass is 10.1. The first-order valence-electron chi connectivity index (χ1n) is 12.9. The first-order valence-corrected chi connectivity index (χ1v) is 13.2. The van der Waals surface area contributed by atoms with Crippen LogP contribution in [0.3, 0.4) is 0 Å². The van der Waals surface area contributed by atoms with E-state index in [4.69, 9.17) is 41.1 Å². The molecule has 1 aromatic heterocycles. The number of fused-ring (bicyclic) bond motifs is 2. The summed E-state index contributed by atoms with van der Waals surface area (Å²) in [6.07, 6.45) is 3.13. The highest BCUT2D eigenvalue weighted by Gasteiger charge is 2.24. The summed E-state index contributed by atoms with van der Waals surface area (Å²) in [5.74, 6) is 8.93. The minimum atomic E-state index is 0.0177. The molecule has 3 N–H and O–H groups in total. The van der Waals surface area contributed by atoms with Crippen molar-refractivity contribution in [1.82, 2.24) is 19.9 Å². The molecule has 202 valence electrons. The zero-order valence-electron chi connectivity index (χ0n) is 21.0. The lowest BCUT2D eigenvalue weighted by molar-refractivity contribution is 0.0261. The summed E-state index contributed by atoms with van der Waals surface area (Å²) < 4.78 is 29.4. The average Bonchev–Trinajstić information content (AvgIpc) is 3.41. The third-order valence-electron chi connectivity index (χ3n) is 6.95. The number of hydrogen-bond donors (Lipinski definition) is 2. The molecule has 3 aliphatic rings. The van der Waals surface area contributed by atoms with Gasteiger partial charge < -0.3 is 29.0 Å². The summed E-state index contributed by atoms with van der Waals surface area (Å²) in [4.78, 5) is 11.4. The largest absolute Gasteiger partial charge is 0.492 e. The molecule has 0 atom stereocenters. The van der Waals surface area contributed by atoms with Crippen LogP contribution in [0.15, 0.2) is 30.6 Å². The van der Waals surface area contributed by atoms with E-state index in [-0.39, 0.29) is 12.9 Å². The van der Waals surface area contributed by atoms with Gasteiger partial charge in [0, 0.05) is 57.7 Å². The Bertz CT molecular complexity index is 1280. The molecule has 12 heteroatoms. The molecule has 3 aliphatic heterocycles. The maximum absolute atomic E-state index is 6.54. The molecule has 38 heavy (non-hydrogen) atoms. The molecule has 3 aromatic rings. The van der Waals surface area contributed by atoms with Gasteiger partial charge in [0.05, 0.1) is 29.1 Å². The minimum absolute atomic E-state index is 0.0177. The Kier molecular flexibility index (Phi) is 7.52. The molecule has 2 fully saturated rings. The highest BCUT2D eigenvalue weighted by molar-refractivity contribution is 6.34. The first-order chi connectivity index (χ1) is 18.6. The fourth-order valence-electron chi connectivity index (χ4n) is 4.84. The van der Waals surface area contributed by atoms with Crippen molar-refractivity contribution in [3.8, 4) is 23.0 Å². The number of aromatic nitrogens is 2. The minimum Gasteiger partial charge on any atom is -0.492 e. The molecule has 0 amide bonds. The molecular formula is C26H31ClN6O5. The van der Waals surface area contributed by atoms with Gasteiger partial charge in [0.25, 0.3) is 0 Å². The van der Waals surface area contributed by atoms with Gasteiger partial charge in [-0.15, -0.1) is 0 Å². The van der Waals surface area contributed by atoms with Crippen molar-refractivity contribution in [1.29, 1.82) is 0 Å². The second-order valence-corrected chi connectivity index (χ2v) is 9.88. The summed E-state index contributed by atoms with van der Waals surface area (Å²) in [7, 11) is 0. The topological polar surface area (TPSA) is 116 Å². The van der Waals surface area contributed by atoms with Gasteiger partial charge in [0.1, 0.15) is 42.0 Å². The van der Waals surface area contributed by atoms with Gasteiger partial charge in [0.2, 0.25) is 6.79 Å². The van der Waals surface area contributed by atoms with Crippen LogP contribution in [0.5, 0.6) is 23.0 Å². The Hall–Kier alpha value is -3.09. The van der Waals surface area contributed by atoms with Crippen LogP contribution in [0, 0.1) is 0 Å². The van der Waals surface area contributed by atoms with Crippen molar-refractivity contribution in [2.24, 2.45) is 5.84 Å². The van der Waals surface area contributed by atoms with Crippen LogP contribution in [0.2, 0.25) is 5.02 Å². The van der Waals surface area contributed by atoms with Gasteiger partial charge in [-0.2, -0.15) is 0 Å². The molecule has 4 heterocycles. The van der Waals surface area contributed by atoms with Crippen LogP contribution in [0.4, 0.5) is 11.5 Å². The van der Waals surface area contributed by atoms with E-state index in [2.05, 4.69) is 20.2 Å². The van der Waals surface area contributed by atoms with Crippen LogP contribution in [-0.2, 0) is 4.74 Å². The number of piperazine rings is 1. The Morgan fingerprint density at radius 3 is 2.76 bits per heavy atom. The summed E-state index contributed by atoms with van der Waals surface area (Å²) in [5.41, 5.74) is 1.27. The maximum atomic E-state index is 6.54. The SMILES string of the molecule is NN1CCN(CCOc2cc(OC3CCOCC3)c3c(Nc4c(Cl)ccc5c4OCO5)ncnc3c2)CC1. The van der Waals surface area contributed by atoms with Crippen LogP contribution < -0.4 is 30.1 Å². The molecule has 0 spiro atoms. The number of nitrogens with one attached hydrogen (secondary N) is 1. The highest BCUT2D eigenvalue weighted by atomic mass is 35.5. The van der Waals surface area contributed by atoms with E-state index < -0.39 is 0 Å². The third-order valence-corrected chi connectivity index (χ3v) is 7.27. The number of halogens is 1. The van der Waals surface area contributed by atoms with Crippen molar-refractivity contribution in [3.63, 3.8) is 0 Å². The van der Waals surface area contributed by atoms with E-state index in [1.165, 1.54) is 6.33 Å². The maximum Gasteiger partial charge on any atom is 0.231 e. The van der Waals surface area contributed by atoms with Crippen molar-refractivity contribution in [2.75, 3.05) is 64.7 Å². The van der Waals surface area contributed by atoms with E-state index in [1.54, 1.807) is 12.1 Å². The number of anilines is 2.